The van der Waals surface area contributed by atoms with E-state index in [-0.39, 0.29) is 32.2 Å². The average molecular weight is 718 g/mol. The number of piperidine rings is 1. The van der Waals surface area contributed by atoms with Crippen LogP contribution in [0.5, 0.6) is 17.2 Å². The van der Waals surface area contributed by atoms with Crippen LogP contribution in [0.4, 0.5) is 4.79 Å². The zero-order valence-electron chi connectivity index (χ0n) is 30.2. The molecule has 4 aromatic rings. The first kappa shape index (κ1) is 38.1. The van der Waals surface area contributed by atoms with Crippen LogP contribution in [0, 0.1) is 0 Å². The van der Waals surface area contributed by atoms with Crippen LogP contribution < -0.4 is 14.2 Å². The molecule has 2 N–H and O–H groups in total. The van der Waals surface area contributed by atoms with Crippen molar-refractivity contribution in [3.05, 3.63) is 102 Å². The third kappa shape index (κ3) is 10.7. The molecule has 5 rings (SSSR count). The highest BCUT2D eigenvalue weighted by atomic mass is 28.3. The number of hydrogen-bond acceptors (Lipinski definition) is 8. The van der Waals surface area contributed by atoms with Crippen LogP contribution in [0.1, 0.15) is 36.0 Å². The summed E-state index contributed by atoms with van der Waals surface area (Å²) < 4.78 is 35.4. The molecular formula is C40H51NO9Si. The molecule has 11 heteroatoms. The number of methoxy groups -OCH3 is 1. The van der Waals surface area contributed by atoms with Gasteiger partial charge in [0.2, 0.25) is 0 Å². The first-order valence-corrected chi connectivity index (χ1v) is 21.1. The number of amides is 1. The molecule has 0 aromatic heterocycles. The van der Waals surface area contributed by atoms with E-state index in [9.17, 15) is 15.0 Å². The Hall–Kier alpha value is -4.13. The molecular weight excluding hydrogens is 667 g/mol. The van der Waals surface area contributed by atoms with Crippen molar-refractivity contribution in [1.82, 2.24) is 4.90 Å². The van der Waals surface area contributed by atoms with Gasteiger partial charge in [0.05, 0.1) is 66.9 Å². The minimum absolute atomic E-state index is 0.00610. The van der Waals surface area contributed by atoms with Crippen molar-refractivity contribution >= 4 is 24.9 Å². The van der Waals surface area contributed by atoms with Gasteiger partial charge in [-0.2, -0.15) is 0 Å². The lowest BCUT2D eigenvalue weighted by Gasteiger charge is -2.40. The van der Waals surface area contributed by atoms with E-state index < -0.39 is 32.3 Å². The third-order valence-corrected chi connectivity index (χ3v) is 12.0. The molecule has 51 heavy (non-hydrogen) atoms. The summed E-state index contributed by atoms with van der Waals surface area (Å²) in [7, 11) is 0.232. The summed E-state index contributed by atoms with van der Waals surface area (Å²) in [4.78, 5) is 13.1. The van der Waals surface area contributed by atoms with Gasteiger partial charge in [-0.3, -0.25) is 0 Å². The van der Waals surface area contributed by atoms with E-state index in [2.05, 4.69) is 26.6 Å². The SMILES string of the molecule is COc1ccccc1COCCCOc1ccc(C2C(O)CN(C(=O)O)CC2OCc2ccc3ccc(OCOC(C)[Si](C)(C)C)cc3c2)cc1. The number of ether oxygens (including phenoxy) is 6. The Morgan fingerprint density at radius 3 is 2.37 bits per heavy atom. The van der Waals surface area contributed by atoms with Gasteiger partial charge in [-0.05, 0) is 65.2 Å². The van der Waals surface area contributed by atoms with Crippen molar-refractivity contribution in [2.24, 2.45) is 0 Å². The molecule has 0 bridgehead atoms. The molecule has 1 amide bonds. The van der Waals surface area contributed by atoms with E-state index in [1.807, 2.05) is 84.9 Å². The summed E-state index contributed by atoms with van der Waals surface area (Å²) in [6.07, 6.45) is -1.87. The highest BCUT2D eigenvalue weighted by Crippen LogP contribution is 2.33. The lowest BCUT2D eigenvalue weighted by Crippen LogP contribution is -2.53. The van der Waals surface area contributed by atoms with E-state index in [1.54, 1.807) is 7.11 Å². The number of benzene rings is 4. The third-order valence-electron chi connectivity index (χ3n) is 9.41. The number of aliphatic hydroxyl groups is 1. The number of rotatable bonds is 17. The second-order valence-corrected chi connectivity index (χ2v) is 19.6. The Labute approximate surface area is 301 Å². The monoisotopic (exact) mass is 717 g/mol. The van der Waals surface area contributed by atoms with Crippen molar-refractivity contribution in [1.29, 1.82) is 0 Å². The van der Waals surface area contributed by atoms with Crippen molar-refractivity contribution in [3.8, 4) is 17.2 Å². The first-order valence-electron chi connectivity index (χ1n) is 17.5. The molecule has 1 aliphatic rings. The predicted molar refractivity (Wildman–Crippen MR) is 199 cm³/mol. The van der Waals surface area contributed by atoms with Gasteiger partial charge < -0.3 is 43.5 Å². The molecule has 0 radical (unpaired) electrons. The maximum absolute atomic E-state index is 11.9. The van der Waals surface area contributed by atoms with Gasteiger partial charge >= 0.3 is 6.09 Å². The second-order valence-electron chi connectivity index (χ2n) is 14.0. The minimum Gasteiger partial charge on any atom is -0.496 e. The number of β-amino-alcohol motifs (C(OH)–C–C–N with tert-alkyl or cyclic N) is 1. The fraction of sp³-hybridized carbons (Fsp3) is 0.425. The molecule has 1 fully saturated rings. The smallest absolute Gasteiger partial charge is 0.407 e. The molecule has 10 nitrogen and oxygen atoms in total. The van der Waals surface area contributed by atoms with Gasteiger partial charge in [-0.1, -0.05) is 68.2 Å². The Balaban J connectivity index is 1.17. The van der Waals surface area contributed by atoms with E-state index in [4.69, 9.17) is 28.4 Å². The van der Waals surface area contributed by atoms with Gasteiger partial charge in [0.15, 0.2) is 6.79 Å². The Morgan fingerprint density at radius 1 is 0.882 bits per heavy atom. The number of nitrogens with zero attached hydrogens (tertiary/aromatic N) is 1. The zero-order valence-corrected chi connectivity index (χ0v) is 31.2. The van der Waals surface area contributed by atoms with Crippen LogP contribution in [-0.4, -0.2) is 87.4 Å². The lowest BCUT2D eigenvalue weighted by molar-refractivity contribution is -0.0660. The number of para-hydroxylation sites is 1. The van der Waals surface area contributed by atoms with E-state index in [0.717, 1.165) is 39.0 Å². The normalized spacial score (nSPS) is 18.4. The van der Waals surface area contributed by atoms with Crippen LogP contribution in [0.2, 0.25) is 19.6 Å². The zero-order chi connectivity index (χ0) is 36.4. The summed E-state index contributed by atoms with van der Waals surface area (Å²) in [5, 5.41) is 23.0. The molecule has 0 spiro atoms. The summed E-state index contributed by atoms with van der Waals surface area (Å²) in [6.45, 7) is 11.0. The number of fused-ring (bicyclic) bond motifs is 1. The van der Waals surface area contributed by atoms with Crippen molar-refractivity contribution in [2.45, 2.75) is 70.1 Å². The van der Waals surface area contributed by atoms with Crippen LogP contribution in [0.3, 0.4) is 0 Å². The van der Waals surface area contributed by atoms with Crippen molar-refractivity contribution in [2.75, 3.05) is 40.2 Å². The molecule has 0 aliphatic carbocycles. The van der Waals surface area contributed by atoms with Crippen LogP contribution >= 0.6 is 0 Å². The minimum atomic E-state index is -1.42. The highest BCUT2D eigenvalue weighted by Gasteiger charge is 2.39. The standard InChI is InChI=1S/C40H51NO9Si/c1-28(51(3,4)5)49-27-50-35-18-13-30-12-11-29(21-33(30)22-35)25-48-38-24-41(40(43)44)23-36(42)39(38)31-14-16-34(17-15-31)47-20-8-19-46-26-32-9-6-7-10-37(32)45-2/h6-7,9-18,21-22,28,36,38-39,42H,8,19-20,23-27H2,1-5H3,(H,43,44). The predicted octanol–water partition coefficient (Wildman–Crippen LogP) is 7.48. The largest absolute Gasteiger partial charge is 0.496 e. The maximum Gasteiger partial charge on any atom is 0.407 e. The Bertz CT molecular complexity index is 1710. The van der Waals surface area contributed by atoms with Crippen molar-refractivity contribution < 1.29 is 43.4 Å². The fourth-order valence-corrected chi connectivity index (χ4v) is 6.56. The molecule has 4 unspecified atom stereocenters. The quantitative estimate of drug-likeness (QED) is 0.0652. The second kappa shape index (κ2) is 17.9. The molecule has 4 aromatic carbocycles. The number of carboxylic acid groups (broad SMARTS) is 1. The van der Waals surface area contributed by atoms with Crippen LogP contribution in [0.15, 0.2) is 84.9 Å². The summed E-state index contributed by atoms with van der Waals surface area (Å²) in [5.41, 5.74) is 2.97. The Morgan fingerprint density at radius 2 is 1.63 bits per heavy atom. The van der Waals surface area contributed by atoms with Gasteiger partial charge in [0.25, 0.3) is 0 Å². The summed E-state index contributed by atoms with van der Waals surface area (Å²) in [6, 6.07) is 27.4. The summed E-state index contributed by atoms with van der Waals surface area (Å²) in [5.74, 6) is 1.82. The molecule has 0 saturated carbocycles. The molecule has 4 atom stereocenters. The van der Waals surface area contributed by atoms with Gasteiger partial charge in [0.1, 0.15) is 17.2 Å². The van der Waals surface area contributed by atoms with Crippen LogP contribution in [-0.2, 0) is 27.4 Å². The van der Waals surface area contributed by atoms with Gasteiger partial charge in [0, 0.05) is 23.6 Å². The van der Waals surface area contributed by atoms with E-state index in [1.165, 1.54) is 4.90 Å². The number of likely N-dealkylation sites (tertiary alicyclic amines) is 1. The topological polar surface area (TPSA) is 116 Å². The summed E-state index contributed by atoms with van der Waals surface area (Å²) >= 11 is 0. The van der Waals surface area contributed by atoms with Crippen molar-refractivity contribution in [3.63, 3.8) is 0 Å². The fourth-order valence-electron chi connectivity index (χ4n) is 5.99. The molecule has 1 aliphatic heterocycles. The first-order chi connectivity index (χ1) is 24.5. The highest BCUT2D eigenvalue weighted by molar-refractivity contribution is 6.77. The molecule has 274 valence electrons. The average Bonchev–Trinajstić information content (AvgIpc) is 3.11. The number of carbonyl (C=O) groups is 1. The Kier molecular flexibility index (Phi) is 13.4. The van der Waals surface area contributed by atoms with Gasteiger partial charge in [-0.25, -0.2) is 4.79 Å². The van der Waals surface area contributed by atoms with E-state index >= 15 is 0 Å². The lowest BCUT2D eigenvalue weighted by atomic mass is 9.84. The number of aliphatic hydroxyl groups excluding tert-OH is 1. The van der Waals surface area contributed by atoms with Crippen LogP contribution in [0.25, 0.3) is 10.8 Å². The van der Waals surface area contributed by atoms with E-state index in [0.29, 0.717) is 32.0 Å². The molecule has 1 saturated heterocycles. The molecule has 1 heterocycles. The number of hydrogen-bond donors (Lipinski definition) is 2. The maximum atomic E-state index is 11.9. The van der Waals surface area contributed by atoms with Gasteiger partial charge in [-0.15, -0.1) is 0 Å².